The highest BCUT2D eigenvalue weighted by atomic mass is 32.2. The average Bonchev–Trinajstić information content (AvgIpc) is 2.93. The molecule has 11 heteroatoms. The Labute approximate surface area is 159 Å². The topological polar surface area (TPSA) is 132 Å². The Bertz CT molecular complexity index is 769. The lowest BCUT2D eigenvalue weighted by Gasteiger charge is -2.11. The predicted octanol–water partition coefficient (Wildman–Crippen LogP) is 1.55. The number of nitrogens with zero attached hydrogens (tertiary/aromatic N) is 2. The van der Waals surface area contributed by atoms with Crippen molar-refractivity contribution in [2.24, 2.45) is 4.99 Å². The van der Waals surface area contributed by atoms with E-state index in [9.17, 15) is 19.7 Å². The van der Waals surface area contributed by atoms with Crippen LogP contribution in [0, 0.1) is 10.1 Å². The highest BCUT2D eigenvalue weighted by Gasteiger charge is 2.32. The largest absolute Gasteiger partial charge is 0.495 e. The molecule has 146 valence electrons. The van der Waals surface area contributed by atoms with Crippen LogP contribution in [-0.2, 0) is 14.3 Å². The van der Waals surface area contributed by atoms with E-state index in [1.807, 2.05) is 6.92 Å². The van der Waals surface area contributed by atoms with Gasteiger partial charge in [-0.25, -0.2) is 0 Å². The number of amidine groups is 1. The van der Waals surface area contributed by atoms with Gasteiger partial charge in [-0.1, -0.05) is 11.8 Å². The molecule has 2 N–H and O–H groups in total. The summed E-state index contributed by atoms with van der Waals surface area (Å²) in [5, 5.41) is 15.9. The third-order valence-corrected chi connectivity index (χ3v) is 4.66. The van der Waals surface area contributed by atoms with Gasteiger partial charge in [0.25, 0.3) is 5.69 Å². The fourth-order valence-corrected chi connectivity index (χ4v) is 3.43. The number of non-ortho nitro benzene ring substituents is 1. The number of carbonyl (C=O) groups is 2. The summed E-state index contributed by atoms with van der Waals surface area (Å²) in [4.78, 5) is 39.0. The zero-order chi connectivity index (χ0) is 20.0. The molecule has 0 radical (unpaired) electrons. The van der Waals surface area contributed by atoms with Crippen molar-refractivity contribution in [3.05, 3.63) is 28.3 Å². The smallest absolute Gasteiger partial charge is 0.271 e. The molecule has 10 nitrogen and oxygen atoms in total. The van der Waals surface area contributed by atoms with Gasteiger partial charge in [0.15, 0.2) is 5.17 Å². The molecule has 1 heterocycles. The maximum absolute atomic E-state index is 12.3. The lowest BCUT2D eigenvalue weighted by Crippen LogP contribution is -2.28. The number of thioether (sulfide) groups is 1. The first-order valence-electron chi connectivity index (χ1n) is 8.00. The second-order valence-corrected chi connectivity index (χ2v) is 6.92. The monoisotopic (exact) mass is 396 g/mol. The predicted molar refractivity (Wildman–Crippen MR) is 101 cm³/mol. The van der Waals surface area contributed by atoms with E-state index in [1.165, 1.54) is 25.3 Å². The van der Waals surface area contributed by atoms with Gasteiger partial charge in [0.1, 0.15) is 11.0 Å². The van der Waals surface area contributed by atoms with E-state index in [0.717, 1.165) is 11.8 Å². The number of nitro benzene ring substituents is 1. The van der Waals surface area contributed by atoms with Crippen LogP contribution in [-0.4, -0.2) is 54.0 Å². The summed E-state index contributed by atoms with van der Waals surface area (Å²) in [5.74, 6) is -0.495. The van der Waals surface area contributed by atoms with Gasteiger partial charge in [-0.3, -0.25) is 24.7 Å². The van der Waals surface area contributed by atoms with Crippen molar-refractivity contribution < 1.29 is 24.0 Å². The number of ether oxygens (including phenoxy) is 2. The number of rotatable bonds is 8. The fraction of sp³-hybridized carbons (Fsp3) is 0.438. The Morgan fingerprint density at radius 2 is 2.22 bits per heavy atom. The molecule has 0 spiro atoms. The second kappa shape index (κ2) is 9.33. The average molecular weight is 396 g/mol. The van der Waals surface area contributed by atoms with Crippen LogP contribution in [0.4, 0.5) is 11.4 Å². The van der Waals surface area contributed by atoms with Gasteiger partial charge in [-0.05, 0) is 13.0 Å². The van der Waals surface area contributed by atoms with Crippen LogP contribution in [0.3, 0.4) is 0 Å². The van der Waals surface area contributed by atoms with Crippen LogP contribution in [0.5, 0.6) is 5.75 Å². The van der Waals surface area contributed by atoms with Crippen LogP contribution in [0.2, 0.25) is 0 Å². The molecule has 1 aliphatic rings. The zero-order valence-electron chi connectivity index (χ0n) is 15.1. The van der Waals surface area contributed by atoms with Crippen molar-refractivity contribution in [1.82, 2.24) is 5.32 Å². The molecule has 1 saturated heterocycles. The molecule has 1 aromatic rings. The molecule has 1 aromatic carbocycles. The highest BCUT2D eigenvalue weighted by molar-refractivity contribution is 8.15. The first-order valence-corrected chi connectivity index (χ1v) is 8.88. The lowest BCUT2D eigenvalue weighted by atomic mass is 10.2. The van der Waals surface area contributed by atoms with E-state index >= 15 is 0 Å². The summed E-state index contributed by atoms with van der Waals surface area (Å²) in [6.07, 6.45) is -0.111. The normalized spacial score (nSPS) is 18.9. The summed E-state index contributed by atoms with van der Waals surface area (Å²) < 4.78 is 10.1. The number of hydrogen-bond acceptors (Lipinski definition) is 8. The van der Waals surface area contributed by atoms with Crippen molar-refractivity contribution in [2.45, 2.75) is 24.6 Å². The summed E-state index contributed by atoms with van der Waals surface area (Å²) in [6, 6.07) is 3.75. The number of anilines is 1. The number of amides is 2. The standard InChI is InChI=1S/C16H20N4O6S/c1-9(8-25-2)17-16-19-15(22)13(27-16)7-14(21)18-11-6-10(20(23)24)4-5-12(11)26-3/h4-6,9,13H,7-8H2,1-3H3,(H,18,21)(H,17,19,22). The van der Waals surface area contributed by atoms with Gasteiger partial charge in [0.2, 0.25) is 11.8 Å². The molecular weight excluding hydrogens is 376 g/mol. The maximum atomic E-state index is 12.3. The van der Waals surface area contributed by atoms with Crippen molar-refractivity contribution >= 4 is 40.1 Å². The molecule has 2 unspecified atom stereocenters. The highest BCUT2D eigenvalue weighted by Crippen LogP contribution is 2.30. The van der Waals surface area contributed by atoms with Gasteiger partial charge in [0, 0.05) is 25.7 Å². The molecule has 0 saturated carbocycles. The Hall–Kier alpha value is -2.66. The van der Waals surface area contributed by atoms with Crippen LogP contribution in [0.1, 0.15) is 13.3 Å². The number of benzene rings is 1. The van der Waals surface area contributed by atoms with E-state index in [4.69, 9.17) is 9.47 Å². The first kappa shape index (κ1) is 20.6. The van der Waals surface area contributed by atoms with Crippen molar-refractivity contribution in [3.8, 4) is 5.75 Å². The van der Waals surface area contributed by atoms with E-state index in [0.29, 0.717) is 11.8 Å². The van der Waals surface area contributed by atoms with Gasteiger partial charge >= 0.3 is 0 Å². The van der Waals surface area contributed by atoms with Crippen molar-refractivity contribution in [3.63, 3.8) is 0 Å². The Morgan fingerprint density at radius 3 is 2.85 bits per heavy atom. The van der Waals surface area contributed by atoms with Gasteiger partial charge in [-0.15, -0.1) is 0 Å². The van der Waals surface area contributed by atoms with Crippen LogP contribution in [0.15, 0.2) is 23.2 Å². The van der Waals surface area contributed by atoms with Gasteiger partial charge < -0.3 is 20.1 Å². The third-order valence-electron chi connectivity index (χ3n) is 3.56. The van der Waals surface area contributed by atoms with E-state index in [-0.39, 0.29) is 35.5 Å². The minimum atomic E-state index is -0.636. The van der Waals surface area contributed by atoms with E-state index in [1.54, 1.807) is 7.11 Å². The zero-order valence-corrected chi connectivity index (χ0v) is 15.9. The summed E-state index contributed by atoms with van der Waals surface area (Å²) in [6.45, 7) is 2.26. The SMILES string of the molecule is COCC(C)N=C1NC(=O)C(CC(=O)Nc2cc([N+](=O)[O-])ccc2OC)S1. The summed E-state index contributed by atoms with van der Waals surface area (Å²) >= 11 is 1.16. The Kier molecular flexibility index (Phi) is 7.13. The quantitative estimate of drug-likeness (QED) is 0.503. The third kappa shape index (κ3) is 5.66. The molecule has 2 amide bonds. The molecular formula is C16H20N4O6S. The first-order chi connectivity index (χ1) is 12.8. The molecule has 2 atom stereocenters. The summed E-state index contributed by atoms with van der Waals surface area (Å²) in [7, 11) is 2.95. The minimum absolute atomic E-state index is 0.111. The Morgan fingerprint density at radius 1 is 1.48 bits per heavy atom. The second-order valence-electron chi connectivity index (χ2n) is 5.73. The number of hydrogen-bond donors (Lipinski definition) is 2. The fourth-order valence-electron chi connectivity index (χ4n) is 2.36. The van der Waals surface area contributed by atoms with Crippen LogP contribution in [0.25, 0.3) is 0 Å². The molecule has 1 fully saturated rings. The number of nitrogens with one attached hydrogen (secondary N) is 2. The number of carbonyl (C=O) groups excluding carboxylic acids is 2. The van der Waals surface area contributed by atoms with Gasteiger partial charge in [-0.2, -0.15) is 0 Å². The van der Waals surface area contributed by atoms with Gasteiger partial charge in [0.05, 0.1) is 30.4 Å². The maximum Gasteiger partial charge on any atom is 0.271 e. The van der Waals surface area contributed by atoms with E-state index in [2.05, 4.69) is 15.6 Å². The van der Waals surface area contributed by atoms with Crippen molar-refractivity contribution in [2.75, 3.05) is 26.1 Å². The van der Waals surface area contributed by atoms with Crippen molar-refractivity contribution in [1.29, 1.82) is 0 Å². The lowest BCUT2D eigenvalue weighted by molar-refractivity contribution is -0.384. The number of aliphatic imine (C=N–C) groups is 1. The molecule has 1 aliphatic heterocycles. The number of methoxy groups -OCH3 is 2. The van der Waals surface area contributed by atoms with E-state index < -0.39 is 16.1 Å². The summed E-state index contributed by atoms with van der Waals surface area (Å²) in [5.41, 5.74) is -0.0108. The van der Waals surface area contributed by atoms with Crippen LogP contribution < -0.4 is 15.4 Å². The molecule has 27 heavy (non-hydrogen) atoms. The number of nitro groups is 1. The molecule has 0 aliphatic carbocycles. The minimum Gasteiger partial charge on any atom is -0.495 e. The molecule has 2 rings (SSSR count). The molecule has 0 aromatic heterocycles. The molecule has 0 bridgehead atoms. The van der Waals surface area contributed by atoms with Crippen LogP contribution >= 0.6 is 11.8 Å². The Balaban J connectivity index is 2.03.